The van der Waals surface area contributed by atoms with Crippen molar-refractivity contribution in [2.24, 2.45) is 0 Å². The first-order valence-corrected chi connectivity index (χ1v) is 13.5. The minimum atomic E-state index is -3.69. The normalized spacial score (nSPS) is 11.8. The molecule has 4 aromatic carbocycles. The zero-order valence-corrected chi connectivity index (χ0v) is 19.4. The van der Waals surface area contributed by atoms with Crippen LogP contribution in [-0.2, 0) is 9.84 Å². The Morgan fingerprint density at radius 2 is 0.935 bits per heavy atom. The molecule has 0 aliphatic heterocycles. The van der Waals surface area contributed by atoms with Crippen molar-refractivity contribution in [1.82, 2.24) is 0 Å². The fourth-order valence-electron chi connectivity index (χ4n) is 4.02. The number of benzene rings is 4. The van der Waals surface area contributed by atoms with Crippen LogP contribution in [0.2, 0.25) is 0 Å². The van der Waals surface area contributed by atoms with Gasteiger partial charge in [0.2, 0.25) is 9.84 Å². The van der Waals surface area contributed by atoms with Gasteiger partial charge in [-0.2, -0.15) is 0 Å². The molecule has 0 aliphatic carbocycles. The summed E-state index contributed by atoms with van der Waals surface area (Å²) in [5.41, 5.74) is 1.03. The zero-order chi connectivity index (χ0) is 21.9. The van der Waals surface area contributed by atoms with E-state index < -0.39 is 16.7 Å². The van der Waals surface area contributed by atoms with E-state index in [1.54, 1.807) is 19.1 Å². The first-order chi connectivity index (χ1) is 15.0. The molecular formula is C27H25O2PS. The molecule has 0 atom stereocenters. The van der Waals surface area contributed by atoms with Crippen LogP contribution in [0, 0.1) is 6.92 Å². The molecule has 2 nitrogen and oxygen atoms in total. The molecule has 0 fully saturated rings. The van der Waals surface area contributed by atoms with Crippen LogP contribution in [0.25, 0.3) is 0 Å². The molecule has 4 aromatic rings. The van der Waals surface area contributed by atoms with E-state index in [1.807, 2.05) is 73.7 Å². The third-order valence-electron chi connectivity index (χ3n) is 5.62. The molecule has 0 amide bonds. The Hall–Kier alpha value is -2.87. The number of hydrogen-bond donors (Lipinski definition) is 0. The molecule has 0 heterocycles. The SMILES string of the molecule is CC(=P(c1ccccc1)(c1ccccc1)c1ccccc1)S(=O)(=O)c1ccc(C)cc1. The molecule has 4 rings (SSSR count). The summed E-state index contributed by atoms with van der Waals surface area (Å²) in [6.07, 6.45) is 0. The quantitative estimate of drug-likeness (QED) is 0.410. The number of rotatable bonds is 5. The second-order valence-electron chi connectivity index (χ2n) is 7.51. The highest BCUT2D eigenvalue weighted by molar-refractivity contribution is 8.20. The van der Waals surface area contributed by atoms with Gasteiger partial charge in [0, 0.05) is 0 Å². The molecule has 0 N–H and O–H groups in total. The van der Waals surface area contributed by atoms with Gasteiger partial charge in [0.15, 0.2) is 0 Å². The summed E-state index contributed by atoms with van der Waals surface area (Å²) in [6, 6.07) is 37.3. The van der Waals surface area contributed by atoms with Crippen LogP contribution in [-0.4, -0.2) is 13.0 Å². The minimum Gasteiger partial charge on any atom is -0.219 e. The van der Waals surface area contributed by atoms with Crippen molar-refractivity contribution < 1.29 is 8.42 Å². The molecule has 0 saturated heterocycles. The Morgan fingerprint density at radius 1 is 0.581 bits per heavy atom. The van der Waals surface area contributed by atoms with E-state index >= 15 is 0 Å². The van der Waals surface area contributed by atoms with Crippen molar-refractivity contribution >= 4 is 37.3 Å². The molecule has 0 radical (unpaired) electrons. The predicted molar refractivity (Wildman–Crippen MR) is 134 cm³/mol. The van der Waals surface area contributed by atoms with E-state index in [-0.39, 0.29) is 0 Å². The number of aryl methyl sites for hydroxylation is 1. The Kier molecular flexibility index (Phi) is 6.00. The Morgan fingerprint density at radius 3 is 1.29 bits per heavy atom. The van der Waals surface area contributed by atoms with Gasteiger partial charge in [-0.25, -0.2) is 8.42 Å². The highest BCUT2D eigenvalue weighted by Crippen LogP contribution is 2.48. The predicted octanol–water partition coefficient (Wildman–Crippen LogP) is 4.91. The lowest BCUT2D eigenvalue weighted by atomic mass is 10.2. The van der Waals surface area contributed by atoms with Crippen LogP contribution in [0.15, 0.2) is 120 Å². The molecule has 4 heteroatoms. The van der Waals surface area contributed by atoms with Gasteiger partial charge >= 0.3 is 0 Å². The molecular weight excluding hydrogens is 419 g/mol. The van der Waals surface area contributed by atoms with Gasteiger partial charge < -0.3 is 0 Å². The van der Waals surface area contributed by atoms with Gasteiger partial charge in [-0.3, -0.25) is 0 Å². The third-order valence-corrected chi connectivity index (χ3v) is 13.0. The van der Waals surface area contributed by atoms with Crippen LogP contribution in [0.4, 0.5) is 0 Å². The fourth-order valence-corrected chi connectivity index (χ4v) is 11.4. The van der Waals surface area contributed by atoms with Crippen molar-refractivity contribution in [3.8, 4) is 0 Å². The van der Waals surface area contributed by atoms with E-state index in [1.165, 1.54) is 0 Å². The average molecular weight is 445 g/mol. The van der Waals surface area contributed by atoms with Crippen molar-refractivity contribution in [2.75, 3.05) is 0 Å². The van der Waals surface area contributed by atoms with Crippen LogP contribution >= 0.6 is 6.89 Å². The maximum absolute atomic E-state index is 14.0. The largest absolute Gasteiger partial charge is 0.219 e. The van der Waals surface area contributed by atoms with E-state index in [0.717, 1.165) is 21.5 Å². The summed E-state index contributed by atoms with van der Waals surface area (Å²) >= 11 is 0. The highest BCUT2D eigenvalue weighted by Gasteiger charge is 2.34. The average Bonchev–Trinajstić information content (AvgIpc) is 2.82. The van der Waals surface area contributed by atoms with E-state index in [9.17, 15) is 8.42 Å². The minimum absolute atomic E-state index is 0.336. The monoisotopic (exact) mass is 444 g/mol. The Bertz CT molecular complexity index is 1220. The van der Waals surface area contributed by atoms with E-state index in [4.69, 9.17) is 0 Å². The van der Waals surface area contributed by atoms with Crippen molar-refractivity contribution in [1.29, 1.82) is 0 Å². The lowest BCUT2D eigenvalue weighted by Crippen LogP contribution is -2.32. The summed E-state index contributed by atoms with van der Waals surface area (Å²) in [4.78, 5) is 0.336. The van der Waals surface area contributed by atoms with Gasteiger partial charge in [0.1, 0.15) is 0 Å². The van der Waals surface area contributed by atoms with E-state index in [0.29, 0.717) is 9.52 Å². The van der Waals surface area contributed by atoms with Crippen LogP contribution in [0.1, 0.15) is 12.5 Å². The fraction of sp³-hybridized carbons (Fsp3) is 0.0741. The second-order valence-corrected chi connectivity index (χ2v) is 13.5. The molecule has 31 heavy (non-hydrogen) atoms. The maximum atomic E-state index is 14.0. The van der Waals surface area contributed by atoms with Crippen molar-refractivity contribution in [2.45, 2.75) is 18.7 Å². The van der Waals surface area contributed by atoms with Crippen molar-refractivity contribution in [3.05, 3.63) is 121 Å². The van der Waals surface area contributed by atoms with Gasteiger partial charge in [-0.1, -0.05) is 109 Å². The molecule has 0 aromatic heterocycles. The summed E-state index contributed by atoms with van der Waals surface area (Å²) < 4.78 is 28.5. The lowest BCUT2D eigenvalue weighted by Gasteiger charge is -2.31. The van der Waals surface area contributed by atoms with E-state index in [2.05, 4.69) is 36.4 Å². The first kappa shape index (κ1) is 21.4. The van der Waals surface area contributed by atoms with Crippen LogP contribution in [0.3, 0.4) is 0 Å². The Labute approximate surface area is 185 Å². The van der Waals surface area contributed by atoms with Gasteiger partial charge in [0.25, 0.3) is 0 Å². The number of sulfone groups is 1. The lowest BCUT2D eigenvalue weighted by molar-refractivity contribution is 0.607. The standard InChI is InChI=1S/C27H25O2PS/c1-22-18-20-27(21-19-22)31(28,29)23(2)30(24-12-6-3-7-13-24,25-14-8-4-9-15-25)26-16-10-5-11-17-26/h3-21H,1-2H3. The highest BCUT2D eigenvalue weighted by atomic mass is 32.2. The summed E-state index contributed by atoms with van der Waals surface area (Å²) in [6.45, 7) is 1.15. The third kappa shape index (κ3) is 3.80. The molecule has 0 bridgehead atoms. The Balaban J connectivity index is 2.21. The van der Waals surface area contributed by atoms with Crippen LogP contribution < -0.4 is 15.9 Å². The molecule has 0 unspecified atom stereocenters. The number of hydrogen-bond acceptors (Lipinski definition) is 2. The smallest absolute Gasteiger partial charge is 0.203 e. The molecule has 0 spiro atoms. The first-order valence-electron chi connectivity index (χ1n) is 10.2. The van der Waals surface area contributed by atoms with Crippen LogP contribution in [0.5, 0.6) is 0 Å². The maximum Gasteiger partial charge on any atom is 0.203 e. The second kappa shape index (κ2) is 8.70. The zero-order valence-electron chi connectivity index (χ0n) is 17.6. The van der Waals surface area contributed by atoms with Gasteiger partial charge in [-0.05, 0) is 48.8 Å². The summed E-state index contributed by atoms with van der Waals surface area (Å²) in [5, 5.41) is 3.08. The molecule has 0 aliphatic rings. The van der Waals surface area contributed by atoms with Gasteiger partial charge in [0.05, 0.1) is 9.52 Å². The molecule has 156 valence electrons. The molecule has 0 saturated carbocycles. The van der Waals surface area contributed by atoms with Crippen molar-refractivity contribution in [3.63, 3.8) is 0 Å². The van der Waals surface area contributed by atoms with Gasteiger partial charge in [-0.15, -0.1) is 0 Å². The topological polar surface area (TPSA) is 34.1 Å². The summed E-state index contributed by atoms with van der Waals surface area (Å²) in [7, 11) is -3.69. The summed E-state index contributed by atoms with van der Waals surface area (Å²) in [5.74, 6) is 0.